The van der Waals surface area contributed by atoms with Gasteiger partial charge in [0.1, 0.15) is 0 Å². The molecule has 0 nitrogen and oxygen atoms in total. The van der Waals surface area contributed by atoms with Crippen LogP contribution in [0.4, 0.5) is 0 Å². The molecule has 0 bridgehead atoms. The molecule has 0 saturated carbocycles. The number of hydrogen-bond donors (Lipinski definition) is 0. The zero-order valence-corrected chi connectivity index (χ0v) is 21.3. The van der Waals surface area contributed by atoms with E-state index in [1.54, 1.807) is 11.8 Å². The third-order valence-electron chi connectivity index (χ3n) is 6.24. The lowest BCUT2D eigenvalue weighted by Gasteiger charge is -2.30. The zero-order chi connectivity index (χ0) is 24.2. The molecule has 0 atom stereocenters. The van der Waals surface area contributed by atoms with Crippen LogP contribution in [-0.2, 0) is 0 Å². The highest BCUT2D eigenvalue weighted by molar-refractivity contribution is 8.14. The average molecular weight is 497 g/mol. The minimum Gasteiger partial charge on any atom is -0.0969 e. The second kappa shape index (κ2) is 10.5. The topological polar surface area (TPSA) is 0 Å². The first-order chi connectivity index (χ1) is 17.9. The van der Waals surface area contributed by atoms with Crippen molar-refractivity contribution in [2.45, 2.75) is 0 Å². The van der Waals surface area contributed by atoms with E-state index in [1.165, 1.54) is 53.7 Å². The van der Waals surface area contributed by atoms with Crippen molar-refractivity contribution in [2.75, 3.05) is 0 Å². The fraction of sp³-hybridized carbons (Fsp3) is 0. The molecule has 6 rings (SSSR count). The van der Waals surface area contributed by atoms with Crippen LogP contribution >= 0.6 is 23.5 Å². The Morgan fingerprint density at radius 3 is 1.36 bits per heavy atom. The molecule has 0 aliphatic carbocycles. The van der Waals surface area contributed by atoms with Crippen LogP contribution in [0.25, 0.3) is 21.6 Å². The van der Waals surface area contributed by atoms with Gasteiger partial charge in [-0.15, -0.1) is 0 Å². The lowest BCUT2D eigenvalue weighted by Crippen LogP contribution is -2.06. The first kappa shape index (κ1) is 22.7. The number of rotatable bonds is 4. The molecule has 0 spiro atoms. The molecule has 2 heteroatoms. The van der Waals surface area contributed by atoms with Gasteiger partial charge in [-0.05, 0) is 39.3 Å². The predicted molar refractivity (Wildman–Crippen MR) is 160 cm³/mol. The second-order valence-corrected chi connectivity index (χ2v) is 10.5. The van der Waals surface area contributed by atoms with Gasteiger partial charge in [0.05, 0.1) is 0 Å². The van der Waals surface area contributed by atoms with Gasteiger partial charge < -0.3 is 0 Å². The first-order valence-electron chi connectivity index (χ1n) is 12.0. The fourth-order valence-corrected chi connectivity index (χ4v) is 6.87. The zero-order valence-electron chi connectivity index (χ0n) is 19.7. The normalized spacial score (nSPS) is 17.6. The van der Waals surface area contributed by atoms with E-state index in [1.807, 2.05) is 11.8 Å². The van der Waals surface area contributed by atoms with Crippen molar-refractivity contribution in [1.29, 1.82) is 0 Å². The molecule has 172 valence electrons. The lowest BCUT2D eigenvalue weighted by atomic mass is 9.84. The van der Waals surface area contributed by atoms with E-state index < -0.39 is 0 Å². The third kappa shape index (κ3) is 4.46. The minimum absolute atomic E-state index is 1.22. The molecular weight excluding hydrogens is 473 g/mol. The Labute approximate surface area is 221 Å². The summed E-state index contributed by atoms with van der Waals surface area (Å²) in [4.78, 5) is 3.85. The van der Waals surface area contributed by atoms with Gasteiger partial charge in [0.2, 0.25) is 0 Å². The van der Waals surface area contributed by atoms with Crippen molar-refractivity contribution in [2.24, 2.45) is 0 Å². The quantitative estimate of drug-likeness (QED) is 0.276. The summed E-state index contributed by atoms with van der Waals surface area (Å²) in [7, 11) is 0. The molecule has 0 N–H and O–H groups in total. The van der Waals surface area contributed by atoms with Gasteiger partial charge in [0, 0.05) is 25.9 Å². The molecule has 0 amide bonds. The summed E-state index contributed by atoms with van der Waals surface area (Å²) >= 11 is 3.69. The molecule has 0 fully saturated rings. The number of benzene rings is 4. The number of allylic oxidation sites excluding steroid dienone is 6. The Hall–Kier alpha value is -3.72. The second-order valence-electron chi connectivity index (χ2n) is 8.52. The summed E-state index contributed by atoms with van der Waals surface area (Å²) in [6.45, 7) is 0. The van der Waals surface area contributed by atoms with E-state index in [-0.39, 0.29) is 0 Å². The maximum Gasteiger partial charge on any atom is 0.0347 e. The van der Waals surface area contributed by atoms with Crippen molar-refractivity contribution >= 4 is 45.1 Å². The number of hydrogen-bond acceptors (Lipinski definition) is 2. The van der Waals surface area contributed by atoms with E-state index in [9.17, 15) is 0 Å². The minimum atomic E-state index is 1.22. The van der Waals surface area contributed by atoms with Crippen LogP contribution < -0.4 is 0 Å². The highest BCUT2D eigenvalue weighted by atomic mass is 32.2. The van der Waals surface area contributed by atoms with Crippen molar-refractivity contribution in [3.63, 3.8) is 0 Å². The molecule has 0 aromatic heterocycles. The highest BCUT2D eigenvalue weighted by Gasteiger charge is 2.31. The first-order valence-corrected chi connectivity index (χ1v) is 13.7. The molecule has 0 unspecified atom stereocenters. The largest absolute Gasteiger partial charge is 0.0969 e. The van der Waals surface area contributed by atoms with Gasteiger partial charge >= 0.3 is 0 Å². The molecule has 2 heterocycles. The van der Waals surface area contributed by atoms with Crippen LogP contribution in [0.1, 0.15) is 22.3 Å². The van der Waals surface area contributed by atoms with Crippen molar-refractivity contribution in [3.05, 3.63) is 177 Å². The summed E-state index contributed by atoms with van der Waals surface area (Å²) in [5, 5.41) is 2.17. The van der Waals surface area contributed by atoms with E-state index in [2.05, 4.69) is 145 Å². The molecule has 4 aromatic carbocycles. The standard InChI is InChI=1S/C34H24S2/c1-5-15-25(16-6-1)30-31(26-17-7-2-8-18-26)33(28-21-11-4-12-22-28)36-34(29-23-13-14-24-35-29)32(30)27-19-9-3-10-20-27/h1-24H. The van der Waals surface area contributed by atoms with E-state index in [4.69, 9.17) is 0 Å². The molecule has 36 heavy (non-hydrogen) atoms. The predicted octanol–water partition coefficient (Wildman–Crippen LogP) is 9.94. The maximum atomic E-state index is 2.24. The third-order valence-corrected chi connectivity index (χ3v) is 8.53. The van der Waals surface area contributed by atoms with Gasteiger partial charge in [-0.2, -0.15) is 0 Å². The van der Waals surface area contributed by atoms with E-state index >= 15 is 0 Å². The van der Waals surface area contributed by atoms with Crippen LogP contribution in [0.2, 0.25) is 0 Å². The van der Waals surface area contributed by atoms with Crippen molar-refractivity contribution in [1.82, 2.24) is 0 Å². The van der Waals surface area contributed by atoms with Crippen LogP contribution in [-0.4, -0.2) is 0 Å². The summed E-state index contributed by atoms with van der Waals surface area (Å²) in [5.74, 6) is 0. The average Bonchev–Trinajstić information content (AvgIpc) is 2.98. The van der Waals surface area contributed by atoms with Gasteiger partial charge in [0.25, 0.3) is 0 Å². The van der Waals surface area contributed by atoms with Crippen LogP contribution in [0.15, 0.2) is 155 Å². The Morgan fingerprint density at radius 1 is 0.389 bits per heavy atom. The van der Waals surface area contributed by atoms with Gasteiger partial charge in [-0.3, -0.25) is 0 Å². The van der Waals surface area contributed by atoms with Crippen molar-refractivity contribution < 1.29 is 0 Å². The Balaban J connectivity index is 1.78. The van der Waals surface area contributed by atoms with Crippen molar-refractivity contribution in [3.8, 4) is 0 Å². The molecule has 2 aliphatic rings. The molecule has 2 aliphatic heterocycles. The molecule has 4 aromatic rings. The van der Waals surface area contributed by atoms with E-state index in [0.29, 0.717) is 0 Å². The summed E-state index contributed by atoms with van der Waals surface area (Å²) in [5.41, 5.74) is 8.76. The molecular formula is C34H24S2. The van der Waals surface area contributed by atoms with Crippen LogP contribution in [0.3, 0.4) is 0 Å². The Kier molecular flexibility index (Phi) is 6.62. The van der Waals surface area contributed by atoms with Gasteiger partial charge in [-0.1, -0.05) is 157 Å². The van der Waals surface area contributed by atoms with E-state index in [0.717, 1.165) is 0 Å². The monoisotopic (exact) mass is 496 g/mol. The molecule has 0 saturated heterocycles. The lowest BCUT2D eigenvalue weighted by molar-refractivity contribution is 1.55. The fourth-order valence-electron chi connectivity index (χ4n) is 4.65. The number of thioether (sulfide) groups is 2. The SMILES string of the molecule is C1=CSC(=C2SC(c3ccccc3)=C(c3ccccc3)C(c3ccccc3)=C2c2ccccc2)C=C1. The molecule has 0 radical (unpaired) electrons. The summed E-state index contributed by atoms with van der Waals surface area (Å²) < 4.78 is 0. The van der Waals surface area contributed by atoms with Gasteiger partial charge in [-0.25, -0.2) is 0 Å². The summed E-state index contributed by atoms with van der Waals surface area (Å²) in [6.07, 6.45) is 6.49. The maximum absolute atomic E-state index is 2.24. The van der Waals surface area contributed by atoms with Crippen LogP contribution in [0, 0.1) is 0 Å². The Morgan fingerprint density at radius 2 is 0.861 bits per heavy atom. The highest BCUT2D eigenvalue weighted by Crippen LogP contribution is 2.58. The Bertz CT molecular complexity index is 1520. The van der Waals surface area contributed by atoms with Crippen LogP contribution in [0.5, 0.6) is 0 Å². The smallest absolute Gasteiger partial charge is 0.0347 e. The summed E-state index contributed by atoms with van der Waals surface area (Å²) in [6, 6.07) is 43.4. The van der Waals surface area contributed by atoms with Gasteiger partial charge in [0.15, 0.2) is 0 Å².